The van der Waals surface area contributed by atoms with Crippen molar-refractivity contribution in [2.45, 2.75) is 13.8 Å². The second-order valence-electron chi connectivity index (χ2n) is 2.86. The quantitative estimate of drug-likeness (QED) is 0.798. The molecule has 0 unspecified atom stereocenters. The first-order chi connectivity index (χ1) is 6.97. The largest absolute Gasteiger partial charge is 0.477 e. The molecule has 0 saturated heterocycles. The van der Waals surface area contributed by atoms with Gasteiger partial charge in [-0.25, -0.2) is 4.79 Å². The van der Waals surface area contributed by atoms with Gasteiger partial charge in [-0.3, -0.25) is 4.79 Å². The molecule has 0 aliphatic heterocycles. The Labute approximate surface area is 90.0 Å². The van der Waals surface area contributed by atoms with E-state index < -0.39 is 5.97 Å². The van der Waals surface area contributed by atoms with Gasteiger partial charge < -0.3 is 10.4 Å². The highest BCUT2D eigenvalue weighted by Crippen LogP contribution is 2.32. The molecule has 78 valence electrons. The molecule has 0 spiro atoms. The third-order valence-electron chi connectivity index (χ3n) is 1.74. The summed E-state index contributed by atoms with van der Waals surface area (Å²) in [5.74, 6) is -1.42. The number of carbonyl (C=O) groups is 2. The van der Waals surface area contributed by atoms with Gasteiger partial charge >= 0.3 is 5.97 Å². The predicted molar refractivity (Wildman–Crippen MR) is 55.0 cm³/mol. The van der Waals surface area contributed by atoms with Gasteiger partial charge in [0.2, 0.25) is 5.91 Å². The van der Waals surface area contributed by atoms with Crippen molar-refractivity contribution in [3.63, 3.8) is 0 Å². The van der Waals surface area contributed by atoms with E-state index in [4.69, 9.17) is 10.4 Å². The molecule has 0 aliphatic carbocycles. The number of carboxylic acid groups (broad SMARTS) is 1. The van der Waals surface area contributed by atoms with E-state index in [-0.39, 0.29) is 16.3 Å². The lowest BCUT2D eigenvalue weighted by Crippen LogP contribution is -2.05. The summed E-state index contributed by atoms with van der Waals surface area (Å²) in [7, 11) is 0. The third-order valence-corrected chi connectivity index (χ3v) is 2.94. The normalized spacial score (nSPS) is 9.40. The summed E-state index contributed by atoms with van der Waals surface area (Å²) in [5.41, 5.74) is 0.603. The molecule has 0 fully saturated rings. The molecule has 15 heavy (non-hydrogen) atoms. The van der Waals surface area contributed by atoms with E-state index in [1.807, 2.05) is 6.07 Å². The molecule has 1 aromatic rings. The first kappa shape index (κ1) is 11.2. The number of aromatic carboxylic acids is 1. The van der Waals surface area contributed by atoms with Crippen molar-refractivity contribution >= 4 is 28.2 Å². The summed E-state index contributed by atoms with van der Waals surface area (Å²) in [4.78, 5) is 21.7. The highest BCUT2D eigenvalue weighted by molar-refractivity contribution is 7.18. The van der Waals surface area contributed by atoms with Crippen molar-refractivity contribution in [3.8, 4) is 6.07 Å². The van der Waals surface area contributed by atoms with Gasteiger partial charge in [-0.2, -0.15) is 5.26 Å². The molecule has 1 amide bonds. The van der Waals surface area contributed by atoms with Gasteiger partial charge in [0.25, 0.3) is 0 Å². The van der Waals surface area contributed by atoms with Gasteiger partial charge in [0.15, 0.2) is 0 Å². The molecule has 0 atom stereocenters. The third kappa shape index (κ3) is 2.14. The summed E-state index contributed by atoms with van der Waals surface area (Å²) in [6, 6.07) is 1.88. The number of nitrogens with zero attached hydrogens (tertiary/aromatic N) is 1. The number of anilines is 1. The van der Waals surface area contributed by atoms with Gasteiger partial charge in [-0.15, -0.1) is 11.3 Å². The summed E-state index contributed by atoms with van der Waals surface area (Å²) in [6.45, 7) is 2.85. The SMILES string of the molecule is CC(=O)Nc1sc(C(=O)O)c(C)c1C#N. The molecule has 0 bridgehead atoms. The molecule has 0 saturated carbocycles. The molecule has 2 N–H and O–H groups in total. The van der Waals surface area contributed by atoms with E-state index in [9.17, 15) is 9.59 Å². The number of hydrogen-bond acceptors (Lipinski definition) is 4. The number of hydrogen-bond donors (Lipinski definition) is 2. The maximum absolute atomic E-state index is 10.8. The van der Waals surface area contributed by atoms with E-state index in [2.05, 4.69) is 5.32 Å². The van der Waals surface area contributed by atoms with Crippen LogP contribution in [0, 0.1) is 18.3 Å². The number of rotatable bonds is 2. The van der Waals surface area contributed by atoms with E-state index in [0.29, 0.717) is 10.6 Å². The number of nitrogens with one attached hydrogen (secondary N) is 1. The molecule has 1 heterocycles. The lowest BCUT2D eigenvalue weighted by Gasteiger charge is -1.96. The van der Waals surface area contributed by atoms with Gasteiger partial charge in [0.1, 0.15) is 15.9 Å². The summed E-state index contributed by atoms with van der Waals surface area (Å²) in [5, 5.41) is 20.4. The van der Waals surface area contributed by atoms with Crippen LogP contribution >= 0.6 is 11.3 Å². The number of nitriles is 1. The zero-order valence-electron chi connectivity index (χ0n) is 8.12. The predicted octanol–water partition coefficient (Wildman–Crippen LogP) is 1.58. The highest BCUT2D eigenvalue weighted by atomic mass is 32.1. The highest BCUT2D eigenvalue weighted by Gasteiger charge is 2.19. The Morgan fingerprint density at radius 1 is 1.53 bits per heavy atom. The molecular formula is C9H8N2O3S. The van der Waals surface area contributed by atoms with Crippen LogP contribution in [-0.4, -0.2) is 17.0 Å². The summed E-state index contributed by atoms with van der Waals surface area (Å²) < 4.78 is 0. The standard InChI is InChI=1S/C9H8N2O3S/c1-4-6(3-10)8(11-5(2)12)15-7(4)9(13)14/h1-2H3,(H,11,12)(H,13,14). The zero-order chi connectivity index (χ0) is 11.6. The maximum atomic E-state index is 10.8. The zero-order valence-corrected chi connectivity index (χ0v) is 8.94. The fourth-order valence-corrected chi connectivity index (χ4v) is 2.14. The minimum absolute atomic E-state index is 0.0790. The van der Waals surface area contributed by atoms with Crippen molar-refractivity contribution in [3.05, 3.63) is 16.0 Å². The van der Waals surface area contributed by atoms with Gasteiger partial charge in [0, 0.05) is 6.92 Å². The van der Waals surface area contributed by atoms with Crippen LogP contribution < -0.4 is 5.32 Å². The van der Waals surface area contributed by atoms with Crippen molar-refractivity contribution in [2.24, 2.45) is 0 Å². The number of amides is 1. The lowest BCUT2D eigenvalue weighted by molar-refractivity contribution is -0.114. The molecule has 5 nitrogen and oxygen atoms in total. The van der Waals surface area contributed by atoms with Crippen LogP contribution in [0.25, 0.3) is 0 Å². The average Bonchev–Trinajstić information content (AvgIpc) is 2.41. The molecule has 6 heteroatoms. The monoisotopic (exact) mass is 224 g/mol. The summed E-state index contributed by atoms with van der Waals surface area (Å²) >= 11 is 0.893. The van der Waals surface area contributed by atoms with Crippen LogP contribution in [0.4, 0.5) is 5.00 Å². The first-order valence-electron chi connectivity index (χ1n) is 4.01. The molecule has 0 aliphatic rings. The van der Waals surface area contributed by atoms with E-state index in [0.717, 1.165) is 11.3 Å². The molecular weight excluding hydrogens is 216 g/mol. The maximum Gasteiger partial charge on any atom is 0.346 e. The Balaban J connectivity index is 3.29. The molecule has 1 aromatic heterocycles. The second-order valence-corrected chi connectivity index (χ2v) is 3.88. The minimum atomic E-state index is -1.09. The van der Waals surface area contributed by atoms with Gasteiger partial charge in [-0.05, 0) is 12.5 Å². The number of carbonyl (C=O) groups excluding carboxylic acids is 1. The van der Waals surface area contributed by atoms with E-state index in [1.54, 1.807) is 6.92 Å². The Hall–Kier alpha value is -1.87. The van der Waals surface area contributed by atoms with Gasteiger partial charge in [-0.1, -0.05) is 0 Å². The fraction of sp³-hybridized carbons (Fsp3) is 0.222. The average molecular weight is 224 g/mol. The lowest BCUT2D eigenvalue weighted by atomic mass is 10.2. The van der Waals surface area contributed by atoms with Crippen molar-refractivity contribution < 1.29 is 14.7 Å². The van der Waals surface area contributed by atoms with Crippen molar-refractivity contribution in [2.75, 3.05) is 5.32 Å². The van der Waals surface area contributed by atoms with Gasteiger partial charge in [0.05, 0.1) is 5.56 Å². The Kier molecular flexibility index (Phi) is 3.07. The fourth-order valence-electron chi connectivity index (χ4n) is 1.10. The second kappa shape index (κ2) is 4.11. The minimum Gasteiger partial charge on any atom is -0.477 e. The Morgan fingerprint density at radius 3 is 2.53 bits per heavy atom. The Morgan fingerprint density at radius 2 is 2.13 bits per heavy atom. The topological polar surface area (TPSA) is 90.2 Å². The number of carboxylic acids is 1. The van der Waals surface area contributed by atoms with E-state index in [1.165, 1.54) is 6.92 Å². The first-order valence-corrected chi connectivity index (χ1v) is 4.83. The summed E-state index contributed by atoms with van der Waals surface area (Å²) in [6.07, 6.45) is 0. The molecule has 0 radical (unpaired) electrons. The van der Waals surface area contributed by atoms with Crippen LogP contribution in [0.5, 0.6) is 0 Å². The molecule has 0 aromatic carbocycles. The van der Waals surface area contributed by atoms with Crippen LogP contribution in [0.2, 0.25) is 0 Å². The van der Waals surface area contributed by atoms with Crippen LogP contribution in [0.3, 0.4) is 0 Å². The van der Waals surface area contributed by atoms with Crippen LogP contribution in [0.15, 0.2) is 0 Å². The van der Waals surface area contributed by atoms with Crippen molar-refractivity contribution in [1.29, 1.82) is 5.26 Å². The van der Waals surface area contributed by atoms with Crippen LogP contribution in [-0.2, 0) is 4.79 Å². The van der Waals surface area contributed by atoms with E-state index >= 15 is 0 Å². The Bertz CT molecular complexity index is 470. The smallest absolute Gasteiger partial charge is 0.346 e. The molecule has 1 rings (SSSR count). The van der Waals surface area contributed by atoms with Crippen LogP contribution in [0.1, 0.15) is 27.7 Å². The van der Waals surface area contributed by atoms with Crippen molar-refractivity contribution in [1.82, 2.24) is 0 Å². The number of thiophene rings is 1.